The Hall–Kier alpha value is -0.810. The van der Waals surface area contributed by atoms with Gasteiger partial charge in [0, 0.05) is 25.6 Å². The summed E-state index contributed by atoms with van der Waals surface area (Å²) in [5.74, 6) is 0.0432. The zero-order chi connectivity index (χ0) is 12.7. The summed E-state index contributed by atoms with van der Waals surface area (Å²) < 4.78 is 0. The summed E-state index contributed by atoms with van der Waals surface area (Å²) in [5.41, 5.74) is 0. The number of halogens is 1. The van der Waals surface area contributed by atoms with E-state index in [1.54, 1.807) is 4.90 Å². The molecule has 1 aliphatic heterocycles. The van der Waals surface area contributed by atoms with E-state index < -0.39 is 0 Å². The second kappa shape index (κ2) is 9.16. The molecule has 0 aliphatic carbocycles. The highest BCUT2D eigenvalue weighted by molar-refractivity contribution is 5.85. The lowest BCUT2D eigenvalue weighted by Gasteiger charge is -2.20. The maximum absolute atomic E-state index is 11.7. The van der Waals surface area contributed by atoms with Gasteiger partial charge >= 0.3 is 0 Å². The van der Waals surface area contributed by atoms with Gasteiger partial charge in [-0.15, -0.1) is 12.4 Å². The second-order valence-corrected chi connectivity index (χ2v) is 4.62. The van der Waals surface area contributed by atoms with Crippen molar-refractivity contribution in [2.24, 2.45) is 0 Å². The number of amides is 2. The molecule has 2 amide bonds. The number of hydrogen-bond donors (Lipinski definition) is 2. The molecule has 106 valence electrons. The third-order valence-corrected chi connectivity index (χ3v) is 3.10. The van der Waals surface area contributed by atoms with Crippen LogP contribution in [0.5, 0.6) is 0 Å². The fraction of sp³-hybridized carbons (Fsp3) is 0.833. The highest BCUT2D eigenvalue weighted by Crippen LogP contribution is 2.10. The average molecular weight is 278 g/mol. The van der Waals surface area contributed by atoms with Crippen molar-refractivity contribution in [2.75, 3.05) is 26.7 Å². The van der Waals surface area contributed by atoms with Crippen molar-refractivity contribution in [3.63, 3.8) is 0 Å². The zero-order valence-electron chi connectivity index (χ0n) is 11.2. The van der Waals surface area contributed by atoms with E-state index in [0.29, 0.717) is 19.5 Å². The fourth-order valence-electron chi connectivity index (χ4n) is 1.80. The zero-order valence-corrected chi connectivity index (χ0v) is 12.0. The van der Waals surface area contributed by atoms with Crippen molar-refractivity contribution in [1.82, 2.24) is 15.5 Å². The molecule has 1 unspecified atom stereocenters. The normalized spacial score (nSPS) is 17.7. The van der Waals surface area contributed by atoms with Crippen molar-refractivity contribution in [2.45, 2.75) is 38.6 Å². The molecule has 0 aromatic heterocycles. The van der Waals surface area contributed by atoms with Crippen LogP contribution >= 0.6 is 12.4 Å². The number of carbonyl (C=O) groups excluding carboxylic acids is 2. The Morgan fingerprint density at radius 1 is 1.39 bits per heavy atom. The summed E-state index contributed by atoms with van der Waals surface area (Å²) in [5, 5.41) is 5.87. The van der Waals surface area contributed by atoms with E-state index in [1.807, 2.05) is 14.0 Å². The van der Waals surface area contributed by atoms with Crippen molar-refractivity contribution in [3.05, 3.63) is 0 Å². The maximum Gasteiger partial charge on any atom is 0.239 e. The van der Waals surface area contributed by atoms with E-state index in [1.165, 1.54) is 0 Å². The maximum atomic E-state index is 11.7. The van der Waals surface area contributed by atoms with E-state index in [2.05, 4.69) is 10.6 Å². The standard InChI is InChI=1S/C12H23N3O2.ClH/c1-10(13-2)8-14-11(16)9-15-7-5-3-4-6-12(15)17;/h10,13H,3-9H2,1-2H3,(H,14,16);1H. The minimum atomic E-state index is -0.0673. The SMILES string of the molecule is CNC(C)CNC(=O)CN1CCCCCC1=O.Cl. The van der Waals surface area contributed by atoms with Crippen molar-refractivity contribution < 1.29 is 9.59 Å². The number of rotatable bonds is 5. The van der Waals surface area contributed by atoms with Crippen molar-refractivity contribution in [3.8, 4) is 0 Å². The van der Waals surface area contributed by atoms with Crippen LogP contribution in [0, 0.1) is 0 Å². The molecule has 6 heteroatoms. The monoisotopic (exact) mass is 277 g/mol. The van der Waals surface area contributed by atoms with Crippen LogP contribution in [0.1, 0.15) is 32.6 Å². The third-order valence-electron chi connectivity index (χ3n) is 3.10. The number of carbonyl (C=O) groups is 2. The summed E-state index contributed by atoms with van der Waals surface area (Å²) >= 11 is 0. The molecule has 0 aromatic rings. The molecule has 1 aliphatic rings. The van der Waals surface area contributed by atoms with Crippen molar-refractivity contribution >= 4 is 24.2 Å². The van der Waals surface area contributed by atoms with E-state index in [0.717, 1.165) is 19.3 Å². The van der Waals surface area contributed by atoms with Gasteiger partial charge in [0.15, 0.2) is 0 Å². The minimum Gasteiger partial charge on any atom is -0.353 e. The van der Waals surface area contributed by atoms with Crippen LogP contribution in [-0.4, -0.2) is 49.4 Å². The highest BCUT2D eigenvalue weighted by Gasteiger charge is 2.18. The summed E-state index contributed by atoms with van der Waals surface area (Å²) in [6.07, 6.45) is 3.63. The second-order valence-electron chi connectivity index (χ2n) is 4.62. The summed E-state index contributed by atoms with van der Waals surface area (Å²) in [7, 11) is 1.86. The fourth-order valence-corrected chi connectivity index (χ4v) is 1.80. The van der Waals surface area contributed by atoms with E-state index >= 15 is 0 Å². The molecule has 1 rings (SSSR count). The molecular weight excluding hydrogens is 254 g/mol. The van der Waals surface area contributed by atoms with Gasteiger partial charge in [-0.1, -0.05) is 6.42 Å². The Morgan fingerprint density at radius 3 is 2.78 bits per heavy atom. The quantitative estimate of drug-likeness (QED) is 0.771. The van der Waals surface area contributed by atoms with E-state index in [4.69, 9.17) is 0 Å². The topological polar surface area (TPSA) is 61.4 Å². The summed E-state index contributed by atoms with van der Waals surface area (Å²) in [6.45, 7) is 3.51. The molecular formula is C12H24ClN3O2. The largest absolute Gasteiger partial charge is 0.353 e. The molecule has 18 heavy (non-hydrogen) atoms. The van der Waals surface area contributed by atoms with Gasteiger partial charge in [-0.05, 0) is 26.8 Å². The number of likely N-dealkylation sites (tertiary alicyclic amines) is 1. The van der Waals surface area contributed by atoms with Crippen LogP contribution in [-0.2, 0) is 9.59 Å². The number of hydrogen-bond acceptors (Lipinski definition) is 3. The van der Waals surface area contributed by atoms with Gasteiger partial charge < -0.3 is 15.5 Å². The number of nitrogens with one attached hydrogen (secondary N) is 2. The van der Waals surface area contributed by atoms with Crippen molar-refractivity contribution in [1.29, 1.82) is 0 Å². The van der Waals surface area contributed by atoms with Crippen LogP contribution in [0.15, 0.2) is 0 Å². The summed E-state index contributed by atoms with van der Waals surface area (Å²) in [4.78, 5) is 25.0. The van der Waals surface area contributed by atoms with Crippen LogP contribution < -0.4 is 10.6 Å². The molecule has 1 fully saturated rings. The molecule has 2 N–H and O–H groups in total. The highest BCUT2D eigenvalue weighted by atomic mass is 35.5. The van der Waals surface area contributed by atoms with Gasteiger partial charge in [-0.3, -0.25) is 9.59 Å². The lowest BCUT2D eigenvalue weighted by molar-refractivity contribution is -0.135. The molecule has 1 atom stereocenters. The van der Waals surface area contributed by atoms with Crippen LogP contribution in [0.3, 0.4) is 0 Å². The predicted octanol–water partition coefficient (Wildman–Crippen LogP) is 0.535. The van der Waals surface area contributed by atoms with Gasteiger partial charge in [0.1, 0.15) is 0 Å². The number of likely N-dealkylation sites (N-methyl/N-ethyl adjacent to an activating group) is 1. The number of nitrogens with zero attached hydrogens (tertiary/aromatic N) is 1. The third kappa shape index (κ3) is 6.21. The van der Waals surface area contributed by atoms with Gasteiger partial charge in [0.05, 0.1) is 6.54 Å². The Balaban J connectivity index is 0.00000289. The lowest BCUT2D eigenvalue weighted by atomic mass is 10.2. The first-order valence-corrected chi connectivity index (χ1v) is 6.35. The molecule has 0 radical (unpaired) electrons. The molecule has 5 nitrogen and oxygen atoms in total. The molecule has 0 saturated carbocycles. The van der Waals surface area contributed by atoms with Crippen LogP contribution in [0.25, 0.3) is 0 Å². The van der Waals surface area contributed by atoms with Gasteiger partial charge in [0.25, 0.3) is 0 Å². The predicted molar refractivity (Wildman–Crippen MR) is 73.8 cm³/mol. The van der Waals surface area contributed by atoms with Crippen LogP contribution in [0.4, 0.5) is 0 Å². The van der Waals surface area contributed by atoms with E-state index in [-0.39, 0.29) is 36.8 Å². The Morgan fingerprint density at radius 2 is 2.11 bits per heavy atom. The molecule has 1 heterocycles. The Kier molecular flexibility index (Phi) is 8.75. The first kappa shape index (κ1) is 17.2. The van der Waals surface area contributed by atoms with E-state index in [9.17, 15) is 9.59 Å². The molecule has 0 bridgehead atoms. The van der Waals surface area contributed by atoms with Gasteiger partial charge in [0.2, 0.25) is 11.8 Å². The van der Waals surface area contributed by atoms with Gasteiger partial charge in [-0.2, -0.15) is 0 Å². The summed E-state index contributed by atoms with van der Waals surface area (Å²) in [6, 6.07) is 0.249. The molecule has 0 spiro atoms. The van der Waals surface area contributed by atoms with Gasteiger partial charge in [-0.25, -0.2) is 0 Å². The average Bonchev–Trinajstić information content (AvgIpc) is 2.52. The smallest absolute Gasteiger partial charge is 0.239 e. The Labute approximate surface area is 115 Å². The first-order valence-electron chi connectivity index (χ1n) is 6.35. The first-order chi connectivity index (χ1) is 8.13. The lowest BCUT2D eigenvalue weighted by Crippen LogP contribution is -2.44. The minimum absolute atomic E-state index is 0. The van der Waals surface area contributed by atoms with Crippen LogP contribution in [0.2, 0.25) is 0 Å². The Bertz CT molecular complexity index is 274. The molecule has 0 aromatic carbocycles. The molecule has 1 saturated heterocycles.